The molecular weight excluding hydrogens is 204 g/mol. The summed E-state index contributed by atoms with van der Waals surface area (Å²) in [7, 11) is 0. The Morgan fingerprint density at radius 3 is 1.20 bits per heavy atom. The molecule has 0 amide bonds. The first kappa shape index (κ1) is 13.7. The lowest BCUT2D eigenvalue weighted by Crippen LogP contribution is -1.70. The van der Waals surface area contributed by atoms with E-state index in [1.807, 2.05) is 12.1 Å². The minimum absolute atomic E-state index is 0. The van der Waals surface area contributed by atoms with Crippen LogP contribution in [-0.4, -0.2) is 0 Å². The Hall–Kier alpha value is -1.29. The van der Waals surface area contributed by atoms with E-state index in [4.69, 9.17) is 0 Å². The van der Waals surface area contributed by atoms with Gasteiger partial charge in [-0.25, -0.2) is 0 Å². The zero-order chi connectivity index (χ0) is 8.93. The number of benzene rings is 2. The second-order valence-electron chi connectivity index (χ2n) is 2.73. The maximum absolute atomic E-state index is 2.12. The van der Waals surface area contributed by atoms with E-state index in [2.05, 4.69) is 48.5 Å². The lowest BCUT2D eigenvalue weighted by molar-refractivity contribution is 1.41. The fraction of sp³-hybridized carbons (Fsp3) is 0. The molecule has 0 aliphatic rings. The SMILES string of the molecule is N.N.c1ccc(Sc2ccccc2)cc1. The Labute approximate surface area is 94.9 Å². The van der Waals surface area contributed by atoms with Crippen molar-refractivity contribution < 1.29 is 0 Å². The summed E-state index contributed by atoms with van der Waals surface area (Å²) in [6, 6.07) is 20.8. The van der Waals surface area contributed by atoms with Crippen molar-refractivity contribution >= 4 is 11.8 Å². The van der Waals surface area contributed by atoms with Crippen molar-refractivity contribution in [1.29, 1.82) is 0 Å². The standard InChI is InChI=1S/C12H10S.2H3N/c1-3-7-11(8-4-1)13-12-9-5-2-6-10-12;;/h1-10H;2*1H3. The summed E-state index contributed by atoms with van der Waals surface area (Å²) in [4.78, 5) is 2.57. The summed E-state index contributed by atoms with van der Waals surface area (Å²) in [5.74, 6) is 0. The molecule has 0 spiro atoms. The third kappa shape index (κ3) is 4.16. The summed E-state index contributed by atoms with van der Waals surface area (Å²) in [5, 5.41) is 0. The Kier molecular flexibility index (Phi) is 6.45. The van der Waals surface area contributed by atoms with Gasteiger partial charge in [0, 0.05) is 9.79 Å². The van der Waals surface area contributed by atoms with E-state index in [1.165, 1.54) is 9.79 Å². The summed E-state index contributed by atoms with van der Waals surface area (Å²) in [6.45, 7) is 0. The summed E-state index contributed by atoms with van der Waals surface area (Å²) in [5.41, 5.74) is 0. The molecule has 0 aliphatic heterocycles. The Balaban J connectivity index is 0.000000980. The quantitative estimate of drug-likeness (QED) is 0.798. The Morgan fingerprint density at radius 2 is 0.867 bits per heavy atom. The number of rotatable bonds is 2. The first-order valence-electron chi connectivity index (χ1n) is 4.23. The lowest BCUT2D eigenvalue weighted by Gasteiger charge is -1.99. The van der Waals surface area contributed by atoms with Crippen LogP contribution < -0.4 is 12.3 Å². The van der Waals surface area contributed by atoms with Crippen LogP contribution in [-0.2, 0) is 0 Å². The molecule has 6 N–H and O–H groups in total. The van der Waals surface area contributed by atoms with Crippen molar-refractivity contribution in [2.24, 2.45) is 0 Å². The summed E-state index contributed by atoms with van der Waals surface area (Å²) in [6.07, 6.45) is 0. The van der Waals surface area contributed by atoms with Gasteiger partial charge in [0.1, 0.15) is 0 Å². The third-order valence-electron chi connectivity index (χ3n) is 1.72. The van der Waals surface area contributed by atoms with Gasteiger partial charge in [-0.05, 0) is 24.3 Å². The molecule has 0 aliphatic carbocycles. The van der Waals surface area contributed by atoms with E-state index in [0.29, 0.717) is 0 Å². The van der Waals surface area contributed by atoms with Gasteiger partial charge in [0.25, 0.3) is 0 Å². The van der Waals surface area contributed by atoms with Crippen LogP contribution in [0.2, 0.25) is 0 Å². The number of hydrogen-bond acceptors (Lipinski definition) is 3. The minimum atomic E-state index is 0. The molecule has 80 valence electrons. The second-order valence-corrected chi connectivity index (χ2v) is 3.88. The monoisotopic (exact) mass is 220 g/mol. The molecule has 0 fully saturated rings. The molecule has 0 atom stereocenters. The van der Waals surface area contributed by atoms with Gasteiger partial charge in [-0.3, -0.25) is 0 Å². The largest absolute Gasteiger partial charge is 0.344 e. The summed E-state index contributed by atoms with van der Waals surface area (Å²) < 4.78 is 0. The van der Waals surface area contributed by atoms with Gasteiger partial charge in [0.05, 0.1) is 0 Å². The second kappa shape index (κ2) is 7.06. The Morgan fingerprint density at radius 1 is 0.533 bits per heavy atom. The maximum atomic E-state index is 2.12. The summed E-state index contributed by atoms with van der Waals surface area (Å²) >= 11 is 1.79. The van der Waals surface area contributed by atoms with Crippen LogP contribution >= 0.6 is 11.8 Å². The van der Waals surface area contributed by atoms with Crippen molar-refractivity contribution in [3.8, 4) is 0 Å². The average molecular weight is 220 g/mol. The molecular formula is C12H16N2S. The van der Waals surface area contributed by atoms with Crippen LogP contribution in [0.25, 0.3) is 0 Å². The molecule has 0 radical (unpaired) electrons. The molecule has 2 rings (SSSR count). The fourth-order valence-electron chi connectivity index (χ4n) is 1.11. The van der Waals surface area contributed by atoms with Crippen LogP contribution in [0.5, 0.6) is 0 Å². The highest BCUT2D eigenvalue weighted by molar-refractivity contribution is 7.99. The molecule has 0 saturated heterocycles. The highest BCUT2D eigenvalue weighted by atomic mass is 32.2. The zero-order valence-electron chi connectivity index (χ0n) is 8.60. The van der Waals surface area contributed by atoms with Crippen molar-refractivity contribution in [2.75, 3.05) is 0 Å². The van der Waals surface area contributed by atoms with Crippen molar-refractivity contribution in [3.63, 3.8) is 0 Å². The van der Waals surface area contributed by atoms with Crippen LogP contribution in [0.1, 0.15) is 0 Å². The van der Waals surface area contributed by atoms with Gasteiger partial charge in [-0.1, -0.05) is 48.2 Å². The van der Waals surface area contributed by atoms with Gasteiger partial charge < -0.3 is 12.3 Å². The van der Waals surface area contributed by atoms with Crippen LogP contribution in [0.3, 0.4) is 0 Å². The lowest BCUT2D eigenvalue weighted by atomic mass is 10.4. The molecule has 0 saturated carbocycles. The van der Waals surface area contributed by atoms with Crippen LogP contribution in [0, 0.1) is 0 Å². The molecule has 0 unspecified atom stereocenters. The van der Waals surface area contributed by atoms with Crippen LogP contribution in [0.15, 0.2) is 70.5 Å². The van der Waals surface area contributed by atoms with Gasteiger partial charge in [0.2, 0.25) is 0 Å². The molecule has 2 nitrogen and oxygen atoms in total. The van der Waals surface area contributed by atoms with E-state index in [9.17, 15) is 0 Å². The smallest absolute Gasteiger partial charge is 0.0122 e. The molecule has 3 heteroatoms. The topological polar surface area (TPSA) is 70.0 Å². The van der Waals surface area contributed by atoms with E-state index in [1.54, 1.807) is 11.8 Å². The van der Waals surface area contributed by atoms with Crippen LogP contribution in [0.4, 0.5) is 0 Å². The molecule has 0 aromatic heterocycles. The molecule has 2 aromatic rings. The fourth-order valence-corrected chi connectivity index (χ4v) is 1.97. The molecule has 2 aromatic carbocycles. The van der Waals surface area contributed by atoms with E-state index < -0.39 is 0 Å². The van der Waals surface area contributed by atoms with Crippen molar-refractivity contribution in [2.45, 2.75) is 9.79 Å². The van der Waals surface area contributed by atoms with Gasteiger partial charge in [-0.2, -0.15) is 0 Å². The first-order valence-corrected chi connectivity index (χ1v) is 5.05. The van der Waals surface area contributed by atoms with Gasteiger partial charge >= 0.3 is 0 Å². The molecule has 15 heavy (non-hydrogen) atoms. The van der Waals surface area contributed by atoms with Crippen molar-refractivity contribution in [3.05, 3.63) is 60.7 Å². The predicted molar refractivity (Wildman–Crippen MR) is 67.1 cm³/mol. The maximum Gasteiger partial charge on any atom is 0.0122 e. The van der Waals surface area contributed by atoms with Gasteiger partial charge in [-0.15, -0.1) is 0 Å². The van der Waals surface area contributed by atoms with E-state index in [-0.39, 0.29) is 12.3 Å². The van der Waals surface area contributed by atoms with Crippen molar-refractivity contribution in [1.82, 2.24) is 12.3 Å². The Bertz CT molecular complexity index is 324. The molecule has 0 bridgehead atoms. The van der Waals surface area contributed by atoms with E-state index in [0.717, 1.165) is 0 Å². The first-order chi connectivity index (χ1) is 6.45. The zero-order valence-corrected chi connectivity index (χ0v) is 9.41. The normalized spacial score (nSPS) is 8.53. The predicted octanol–water partition coefficient (Wildman–Crippen LogP) is 4.16. The minimum Gasteiger partial charge on any atom is -0.344 e. The highest BCUT2D eigenvalue weighted by Crippen LogP contribution is 2.26. The number of hydrogen-bond donors (Lipinski definition) is 2. The highest BCUT2D eigenvalue weighted by Gasteiger charge is 1.93. The average Bonchev–Trinajstić information content (AvgIpc) is 2.21. The van der Waals surface area contributed by atoms with Gasteiger partial charge in [0.15, 0.2) is 0 Å². The van der Waals surface area contributed by atoms with E-state index >= 15 is 0 Å². The third-order valence-corrected chi connectivity index (χ3v) is 2.74. The molecule has 0 heterocycles.